The summed E-state index contributed by atoms with van der Waals surface area (Å²) in [5.74, 6) is 0. The number of rotatable bonds is 5. The minimum atomic E-state index is -0.823. The third-order valence-corrected chi connectivity index (χ3v) is 0.757. The molecule has 0 aromatic heterocycles. The van der Waals surface area contributed by atoms with E-state index in [1.807, 2.05) is 0 Å². The Morgan fingerprint density at radius 2 is 1.90 bits per heavy atom. The highest BCUT2D eigenvalue weighted by atomic mass is 35.5. The summed E-state index contributed by atoms with van der Waals surface area (Å²) < 4.78 is 4.68. The van der Waals surface area contributed by atoms with Crippen molar-refractivity contribution in [2.75, 3.05) is 26.4 Å². The lowest BCUT2D eigenvalue weighted by atomic mass is 10.4. The average molecular weight is 173 g/mol. The minimum Gasteiger partial charge on any atom is -0.394 e. The van der Waals surface area contributed by atoms with Crippen molar-refractivity contribution in [2.45, 2.75) is 6.10 Å². The Morgan fingerprint density at radius 1 is 1.30 bits per heavy atom. The molecule has 0 spiro atoms. The smallest absolute Gasteiger partial charge is 0.100 e. The van der Waals surface area contributed by atoms with E-state index in [-0.39, 0.29) is 38.8 Å². The first-order valence-electron chi connectivity index (χ1n) is 2.78. The molecule has 0 saturated carbocycles. The Hall–Kier alpha value is 0.130. The van der Waals surface area contributed by atoms with Crippen LogP contribution >= 0.6 is 12.4 Å². The van der Waals surface area contributed by atoms with Crippen LogP contribution in [0.1, 0.15) is 0 Å². The van der Waals surface area contributed by atoms with Gasteiger partial charge in [-0.3, -0.25) is 0 Å². The minimum absolute atomic E-state index is 0. The molecule has 0 rings (SSSR count). The molecule has 4 nitrogen and oxygen atoms in total. The van der Waals surface area contributed by atoms with Gasteiger partial charge in [0.1, 0.15) is 6.10 Å². The fourth-order valence-electron chi connectivity index (χ4n) is 0.337. The molecule has 0 aliphatic carbocycles. The molecule has 0 heterocycles. The van der Waals surface area contributed by atoms with Gasteiger partial charge in [0.05, 0.1) is 26.4 Å². The largest absolute Gasteiger partial charge is 0.394 e. The highest BCUT2D eigenvalue weighted by Crippen LogP contribution is 1.81. The van der Waals surface area contributed by atoms with E-state index in [0.29, 0.717) is 0 Å². The highest BCUT2D eigenvalue weighted by Gasteiger charge is 1.99. The summed E-state index contributed by atoms with van der Waals surface area (Å²) in [5, 5.41) is 25.1. The third kappa shape index (κ3) is 8.13. The molecule has 5 heteroatoms. The van der Waals surface area contributed by atoms with Crippen molar-refractivity contribution < 1.29 is 20.1 Å². The van der Waals surface area contributed by atoms with E-state index in [0.717, 1.165) is 0 Å². The maximum atomic E-state index is 8.63. The average Bonchev–Trinajstić information content (AvgIpc) is 1.89. The summed E-state index contributed by atoms with van der Waals surface area (Å²) in [6.07, 6.45) is -0.823. The molecule has 0 saturated heterocycles. The maximum absolute atomic E-state index is 8.63. The molecule has 0 aromatic rings. The number of hydrogen-bond acceptors (Lipinski definition) is 4. The lowest BCUT2D eigenvalue weighted by Gasteiger charge is -2.05. The first-order chi connectivity index (χ1) is 4.31. The number of aliphatic hydroxyl groups excluding tert-OH is 3. The Kier molecular flexibility index (Phi) is 11.7. The SMILES string of the molecule is Cl.OCCOCC(O)CO. The third-order valence-electron chi connectivity index (χ3n) is 0.757. The van der Waals surface area contributed by atoms with Crippen molar-refractivity contribution in [3.8, 4) is 0 Å². The first kappa shape index (κ1) is 12.8. The van der Waals surface area contributed by atoms with Crippen molar-refractivity contribution in [2.24, 2.45) is 0 Å². The summed E-state index contributed by atoms with van der Waals surface area (Å²) in [7, 11) is 0. The summed E-state index contributed by atoms with van der Waals surface area (Å²) in [4.78, 5) is 0. The standard InChI is InChI=1S/C5H12O4.ClH/c6-1-2-9-4-5(8)3-7;/h5-8H,1-4H2;1H. The molecule has 0 aliphatic heterocycles. The van der Waals surface area contributed by atoms with Gasteiger partial charge in [-0.15, -0.1) is 12.4 Å². The van der Waals surface area contributed by atoms with Crippen LogP contribution in [0.4, 0.5) is 0 Å². The molecular formula is C5H13ClO4. The van der Waals surface area contributed by atoms with Crippen molar-refractivity contribution in [3.63, 3.8) is 0 Å². The Bertz CT molecular complexity index is 61.6. The van der Waals surface area contributed by atoms with E-state index in [2.05, 4.69) is 4.74 Å². The zero-order valence-electron chi connectivity index (χ0n) is 5.56. The lowest BCUT2D eigenvalue weighted by Crippen LogP contribution is -2.20. The number of halogens is 1. The quantitative estimate of drug-likeness (QED) is 0.455. The number of aliphatic hydroxyl groups is 3. The predicted molar refractivity (Wildman–Crippen MR) is 38.2 cm³/mol. The highest BCUT2D eigenvalue weighted by molar-refractivity contribution is 5.85. The van der Waals surface area contributed by atoms with Crippen molar-refractivity contribution in [1.29, 1.82) is 0 Å². The van der Waals surface area contributed by atoms with Crippen LogP contribution in [0.5, 0.6) is 0 Å². The molecule has 0 aliphatic rings. The van der Waals surface area contributed by atoms with E-state index in [1.54, 1.807) is 0 Å². The van der Waals surface area contributed by atoms with Gasteiger partial charge in [-0.05, 0) is 0 Å². The fraction of sp³-hybridized carbons (Fsp3) is 1.00. The molecule has 0 radical (unpaired) electrons. The van der Waals surface area contributed by atoms with Crippen LogP contribution in [0.2, 0.25) is 0 Å². The molecule has 0 fully saturated rings. The fourth-order valence-corrected chi connectivity index (χ4v) is 0.337. The van der Waals surface area contributed by atoms with Gasteiger partial charge in [0.25, 0.3) is 0 Å². The monoisotopic (exact) mass is 172 g/mol. The van der Waals surface area contributed by atoms with Crippen LogP contribution < -0.4 is 0 Å². The zero-order chi connectivity index (χ0) is 7.11. The van der Waals surface area contributed by atoms with Gasteiger partial charge in [0, 0.05) is 0 Å². The van der Waals surface area contributed by atoms with Crippen LogP contribution in [0.25, 0.3) is 0 Å². The van der Waals surface area contributed by atoms with Crippen molar-refractivity contribution in [3.05, 3.63) is 0 Å². The van der Waals surface area contributed by atoms with Crippen LogP contribution in [0.3, 0.4) is 0 Å². The van der Waals surface area contributed by atoms with Crippen LogP contribution in [-0.2, 0) is 4.74 Å². The Morgan fingerprint density at radius 3 is 2.30 bits per heavy atom. The number of hydrogen-bond donors (Lipinski definition) is 3. The lowest BCUT2D eigenvalue weighted by molar-refractivity contribution is -0.00361. The molecule has 3 N–H and O–H groups in total. The summed E-state index contributed by atoms with van der Waals surface area (Å²) in [5.41, 5.74) is 0. The molecule has 0 aromatic carbocycles. The van der Waals surface area contributed by atoms with Gasteiger partial charge in [0.15, 0.2) is 0 Å². The van der Waals surface area contributed by atoms with Crippen molar-refractivity contribution >= 4 is 12.4 Å². The summed E-state index contributed by atoms with van der Waals surface area (Å²) in [6, 6.07) is 0. The molecule has 1 unspecified atom stereocenters. The molecule has 1 atom stereocenters. The Labute approximate surface area is 65.8 Å². The molecule has 64 valence electrons. The maximum Gasteiger partial charge on any atom is 0.100 e. The number of ether oxygens (including phenoxy) is 1. The topological polar surface area (TPSA) is 69.9 Å². The van der Waals surface area contributed by atoms with E-state index in [9.17, 15) is 0 Å². The first-order valence-corrected chi connectivity index (χ1v) is 2.78. The second-order valence-electron chi connectivity index (χ2n) is 1.63. The van der Waals surface area contributed by atoms with Crippen molar-refractivity contribution in [1.82, 2.24) is 0 Å². The van der Waals surface area contributed by atoms with Crippen LogP contribution in [0.15, 0.2) is 0 Å². The molecular weight excluding hydrogens is 160 g/mol. The summed E-state index contributed by atoms with van der Waals surface area (Å²) >= 11 is 0. The van der Waals surface area contributed by atoms with E-state index < -0.39 is 6.10 Å². The van der Waals surface area contributed by atoms with Crippen LogP contribution in [-0.4, -0.2) is 47.9 Å². The van der Waals surface area contributed by atoms with Crippen LogP contribution in [0, 0.1) is 0 Å². The van der Waals surface area contributed by atoms with E-state index >= 15 is 0 Å². The van der Waals surface area contributed by atoms with Gasteiger partial charge in [-0.1, -0.05) is 0 Å². The predicted octanol–water partition coefficient (Wildman–Crippen LogP) is -1.23. The van der Waals surface area contributed by atoms with Gasteiger partial charge >= 0.3 is 0 Å². The van der Waals surface area contributed by atoms with Gasteiger partial charge in [0.2, 0.25) is 0 Å². The normalized spacial score (nSPS) is 12.3. The second-order valence-corrected chi connectivity index (χ2v) is 1.63. The molecule has 10 heavy (non-hydrogen) atoms. The second kappa shape index (κ2) is 9.13. The van der Waals surface area contributed by atoms with Gasteiger partial charge < -0.3 is 20.1 Å². The summed E-state index contributed by atoms with van der Waals surface area (Å²) in [6.45, 7) is -0.0717. The molecule has 0 amide bonds. The Balaban J connectivity index is 0. The van der Waals surface area contributed by atoms with Gasteiger partial charge in [-0.25, -0.2) is 0 Å². The molecule has 0 bridgehead atoms. The van der Waals surface area contributed by atoms with E-state index in [1.165, 1.54) is 0 Å². The van der Waals surface area contributed by atoms with Gasteiger partial charge in [-0.2, -0.15) is 0 Å². The zero-order valence-corrected chi connectivity index (χ0v) is 6.38. The van der Waals surface area contributed by atoms with E-state index in [4.69, 9.17) is 15.3 Å².